The fraction of sp³-hybridized carbons (Fsp3) is 0.538. The van der Waals surface area contributed by atoms with Gasteiger partial charge in [0.15, 0.2) is 0 Å². The van der Waals surface area contributed by atoms with Gasteiger partial charge in [0.25, 0.3) is 0 Å². The Morgan fingerprint density at radius 3 is 2.50 bits per heavy atom. The molecular formula is C13H18O3. The summed E-state index contributed by atoms with van der Waals surface area (Å²) in [5.41, 5.74) is 0.886. The first kappa shape index (κ1) is 11.4. The molecular weight excluding hydrogens is 204 g/mol. The quantitative estimate of drug-likeness (QED) is 0.774. The van der Waals surface area contributed by atoms with Crippen molar-refractivity contribution in [1.82, 2.24) is 0 Å². The highest BCUT2D eigenvalue weighted by Gasteiger charge is 2.23. The zero-order chi connectivity index (χ0) is 11.4. The number of ether oxygens (including phenoxy) is 1. The van der Waals surface area contributed by atoms with Crippen molar-refractivity contribution in [3.05, 3.63) is 29.8 Å². The highest BCUT2D eigenvalue weighted by atomic mass is 16.5. The average Bonchev–Trinajstić information content (AvgIpc) is 3.11. The summed E-state index contributed by atoms with van der Waals surface area (Å²) < 4.78 is 5.62. The first-order valence-corrected chi connectivity index (χ1v) is 5.85. The van der Waals surface area contributed by atoms with Gasteiger partial charge in [0.2, 0.25) is 0 Å². The lowest BCUT2D eigenvalue weighted by molar-refractivity contribution is 0.151. The van der Waals surface area contributed by atoms with Crippen LogP contribution in [0.15, 0.2) is 24.3 Å². The molecule has 0 amide bonds. The topological polar surface area (TPSA) is 49.7 Å². The summed E-state index contributed by atoms with van der Waals surface area (Å²) in [5.74, 6) is 0.876. The summed E-state index contributed by atoms with van der Waals surface area (Å²) in [5, 5.41) is 18.5. The third-order valence-electron chi connectivity index (χ3n) is 2.73. The van der Waals surface area contributed by atoms with E-state index in [2.05, 4.69) is 0 Å². The van der Waals surface area contributed by atoms with E-state index in [0.717, 1.165) is 24.2 Å². The molecule has 1 unspecified atom stereocenters. The molecule has 1 saturated carbocycles. The van der Waals surface area contributed by atoms with E-state index in [1.807, 2.05) is 24.3 Å². The first-order chi connectivity index (χ1) is 7.79. The maximum Gasteiger partial charge on any atom is 0.119 e. The number of benzene rings is 1. The highest BCUT2D eigenvalue weighted by Crippen LogP contribution is 2.28. The van der Waals surface area contributed by atoms with Crippen LogP contribution in [0.4, 0.5) is 0 Å². The second-order valence-electron chi connectivity index (χ2n) is 4.27. The van der Waals surface area contributed by atoms with E-state index in [-0.39, 0.29) is 6.61 Å². The third kappa shape index (κ3) is 3.22. The average molecular weight is 222 g/mol. The molecule has 1 aromatic carbocycles. The lowest BCUT2D eigenvalue weighted by Crippen LogP contribution is -2.00. The van der Waals surface area contributed by atoms with E-state index in [1.165, 1.54) is 0 Å². The molecule has 1 aliphatic rings. The van der Waals surface area contributed by atoms with Gasteiger partial charge in [-0.05, 0) is 43.4 Å². The Morgan fingerprint density at radius 1 is 1.25 bits per heavy atom. The van der Waals surface area contributed by atoms with Crippen LogP contribution in [0, 0.1) is 0 Å². The number of hydrogen-bond acceptors (Lipinski definition) is 3. The van der Waals surface area contributed by atoms with Crippen LogP contribution in [0.1, 0.15) is 37.4 Å². The molecule has 1 aliphatic carbocycles. The van der Waals surface area contributed by atoms with Crippen LogP contribution >= 0.6 is 0 Å². The molecule has 1 fully saturated rings. The second kappa shape index (κ2) is 5.32. The molecule has 2 N–H and O–H groups in total. The zero-order valence-electron chi connectivity index (χ0n) is 9.30. The van der Waals surface area contributed by atoms with Gasteiger partial charge in [0.1, 0.15) is 5.75 Å². The molecule has 0 spiro atoms. The predicted octanol–water partition coefficient (Wildman–Crippen LogP) is 2.03. The van der Waals surface area contributed by atoms with Crippen LogP contribution in [-0.4, -0.2) is 22.9 Å². The molecule has 1 aromatic rings. The van der Waals surface area contributed by atoms with Gasteiger partial charge < -0.3 is 14.9 Å². The van der Waals surface area contributed by atoms with Crippen LogP contribution in [-0.2, 0) is 0 Å². The maximum absolute atomic E-state index is 9.78. The van der Waals surface area contributed by atoms with Crippen molar-refractivity contribution in [3.63, 3.8) is 0 Å². The molecule has 0 saturated heterocycles. The van der Waals surface area contributed by atoms with Crippen molar-refractivity contribution < 1.29 is 14.9 Å². The van der Waals surface area contributed by atoms with Gasteiger partial charge >= 0.3 is 0 Å². The number of rotatable bonds is 6. The van der Waals surface area contributed by atoms with Crippen molar-refractivity contribution in [3.8, 4) is 5.75 Å². The van der Waals surface area contributed by atoms with E-state index in [9.17, 15) is 5.11 Å². The fourth-order valence-corrected chi connectivity index (χ4v) is 1.60. The van der Waals surface area contributed by atoms with Crippen molar-refractivity contribution in [1.29, 1.82) is 0 Å². The minimum atomic E-state index is -0.484. The fourth-order valence-electron chi connectivity index (χ4n) is 1.60. The molecule has 0 radical (unpaired) electrons. The summed E-state index contributed by atoms with van der Waals surface area (Å²) in [6.07, 6.45) is 3.45. The van der Waals surface area contributed by atoms with E-state index < -0.39 is 6.10 Å². The molecule has 88 valence electrons. The Morgan fingerprint density at radius 2 is 1.94 bits per heavy atom. The van der Waals surface area contributed by atoms with Gasteiger partial charge in [-0.25, -0.2) is 0 Å². The monoisotopic (exact) mass is 222 g/mol. The molecule has 0 heterocycles. The Bertz CT molecular complexity index is 316. The van der Waals surface area contributed by atoms with Gasteiger partial charge in [0, 0.05) is 6.61 Å². The van der Waals surface area contributed by atoms with Gasteiger partial charge in [-0.15, -0.1) is 0 Å². The van der Waals surface area contributed by atoms with Gasteiger partial charge in [0.05, 0.1) is 12.2 Å². The van der Waals surface area contributed by atoms with Gasteiger partial charge in [-0.2, -0.15) is 0 Å². The molecule has 16 heavy (non-hydrogen) atoms. The lowest BCUT2D eigenvalue weighted by Gasteiger charge is -2.11. The van der Waals surface area contributed by atoms with E-state index >= 15 is 0 Å². The normalized spacial score (nSPS) is 17.1. The SMILES string of the molecule is OCCCC(O)c1ccc(OC2CC2)cc1. The number of hydrogen-bond donors (Lipinski definition) is 2. The molecule has 3 heteroatoms. The first-order valence-electron chi connectivity index (χ1n) is 5.85. The Balaban J connectivity index is 1.89. The zero-order valence-corrected chi connectivity index (χ0v) is 9.30. The minimum Gasteiger partial charge on any atom is -0.490 e. The summed E-state index contributed by atoms with van der Waals surface area (Å²) in [7, 11) is 0. The van der Waals surface area contributed by atoms with Crippen molar-refractivity contribution in [2.45, 2.75) is 37.9 Å². The van der Waals surface area contributed by atoms with Crippen LogP contribution in [0.3, 0.4) is 0 Å². The van der Waals surface area contributed by atoms with E-state index in [0.29, 0.717) is 18.9 Å². The van der Waals surface area contributed by atoms with Crippen molar-refractivity contribution in [2.75, 3.05) is 6.61 Å². The van der Waals surface area contributed by atoms with Crippen molar-refractivity contribution in [2.24, 2.45) is 0 Å². The van der Waals surface area contributed by atoms with Crippen LogP contribution in [0.2, 0.25) is 0 Å². The van der Waals surface area contributed by atoms with Gasteiger partial charge in [-0.1, -0.05) is 12.1 Å². The van der Waals surface area contributed by atoms with Crippen LogP contribution in [0.5, 0.6) is 5.75 Å². The third-order valence-corrected chi connectivity index (χ3v) is 2.73. The minimum absolute atomic E-state index is 0.125. The standard InChI is InChI=1S/C13H18O3/c14-9-1-2-13(15)10-3-5-11(6-4-10)16-12-7-8-12/h3-6,12-15H,1-2,7-9H2. The van der Waals surface area contributed by atoms with E-state index in [1.54, 1.807) is 0 Å². The Kier molecular flexibility index (Phi) is 3.80. The lowest BCUT2D eigenvalue weighted by atomic mass is 10.1. The smallest absolute Gasteiger partial charge is 0.119 e. The predicted molar refractivity (Wildman–Crippen MR) is 61.4 cm³/mol. The summed E-state index contributed by atoms with van der Waals surface area (Å²) in [4.78, 5) is 0. The molecule has 0 aliphatic heterocycles. The van der Waals surface area contributed by atoms with Crippen molar-refractivity contribution >= 4 is 0 Å². The Hall–Kier alpha value is -1.06. The molecule has 1 atom stereocenters. The van der Waals surface area contributed by atoms with E-state index in [4.69, 9.17) is 9.84 Å². The summed E-state index contributed by atoms with van der Waals surface area (Å²) >= 11 is 0. The number of aliphatic hydroxyl groups is 2. The largest absolute Gasteiger partial charge is 0.490 e. The Labute approximate surface area is 95.7 Å². The summed E-state index contributed by atoms with van der Waals surface area (Å²) in [6, 6.07) is 7.57. The molecule has 2 rings (SSSR count). The highest BCUT2D eigenvalue weighted by molar-refractivity contribution is 5.29. The molecule has 0 aromatic heterocycles. The molecule has 3 nitrogen and oxygen atoms in total. The van der Waals surface area contributed by atoms with Gasteiger partial charge in [-0.3, -0.25) is 0 Å². The summed E-state index contributed by atoms with van der Waals surface area (Å²) in [6.45, 7) is 0.125. The maximum atomic E-state index is 9.78. The van der Waals surface area contributed by atoms with Crippen LogP contribution < -0.4 is 4.74 Å². The van der Waals surface area contributed by atoms with Crippen LogP contribution in [0.25, 0.3) is 0 Å². The second-order valence-corrected chi connectivity index (χ2v) is 4.27. The molecule has 0 bridgehead atoms. The number of aliphatic hydroxyl groups excluding tert-OH is 2.